The Kier molecular flexibility index (Phi) is 9.55. The lowest BCUT2D eigenvalue weighted by Gasteiger charge is -2.32. The molecule has 0 fully saturated rings. The number of hydrogen-bond donors (Lipinski definition) is 1. The maximum atomic E-state index is 13.6. The molecule has 0 spiro atoms. The summed E-state index contributed by atoms with van der Waals surface area (Å²) in [6.45, 7) is 5.61. The van der Waals surface area contributed by atoms with E-state index in [0.717, 1.165) is 10.6 Å². The SMILES string of the molecule is CC[C@@H](C)NC(=O)[C@H](C)N(Cc1ccc(Cl)c(Cl)c1)C(=O)CN(c1ccc2c(c1)OCCO2)S(C)(=O)=O. The van der Waals surface area contributed by atoms with Crippen LogP contribution < -0.4 is 19.1 Å². The van der Waals surface area contributed by atoms with Gasteiger partial charge < -0.3 is 19.7 Å². The molecule has 0 saturated heterocycles. The fourth-order valence-electron chi connectivity index (χ4n) is 3.68. The number of hydrogen-bond acceptors (Lipinski definition) is 6. The van der Waals surface area contributed by atoms with Crippen LogP contribution in [0.25, 0.3) is 0 Å². The van der Waals surface area contributed by atoms with Crippen LogP contribution in [0, 0.1) is 0 Å². The topological polar surface area (TPSA) is 105 Å². The molecule has 0 aliphatic carbocycles. The lowest BCUT2D eigenvalue weighted by atomic mass is 10.1. The van der Waals surface area contributed by atoms with E-state index in [2.05, 4.69) is 5.32 Å². The van der Waals surface area contributed by atoms with Crippen LogP contribution in [-0.2, 0) is 26.2 Å². The van der Waals surface area contributed by atoms with Crippen LogP contribution in [0.5, 0.6) is 11.5 Å². The third-order valence-electron chi connectivity index (χ3n) is 6.00. The van der Waals surface area contributed by atoms with Crippen molar-refractivity contribution in [2.75, 3.05) is 30.3 Å². The molecular weight excluding hydrogens is 541 g/mol. The predicted molar refractivity (Wildman–Crippen MR) is 144 cm³/mol. The minimum atomic E-state index is -3.88. The van der Waals surface area contributed by atoms with Gasteiger partial charge in [-0.1, -0.05) is 36.2 Å². The average molecular weight is 573 g/mol. The highest BCUT2D eigenvalue weighted by molar-refractivity contribution is 7.92. The van der Waals surface area contributed by atoms with Gasteiger partial charge in [0, 0.05) is 18.7 Å². The van der Waals surface area contributed by atoms with Crippen molar-refractivity contribution in [3.05, 3.63) is 52.0 Å². The Morgan fingerprint density at radius 2 is 1.70 bits per heavy atom. The van der Waals surface area contributed by atoms with Crippen molar-refractivity contribution < 1.29 is 27.5 Å². The molecule has 0 bridgehead atoms. The lowest BCUT2D eigenvalue weighted by Crippen LogP contribution is -2.52. The van der Waals surface area contributed by atoms with Gasteiger partial charge in [0.2, 0.25) is 21.8 Å². The second-order valence-electron chi connectivity index (χ2n) is 8.86. The molecule has 1 aliphatic heterocycles. The standard InChI is InChI=1S/C25H31Cl2N3O6S/c1-5-16(2)28-25(32)17(3)29(14-18-6-8-20(26)21(27)12-18)24(31)15-30(37(4,33)34)19-7-9-22-23(13-19)36-11-10-35-22/h6-9,12-13,16-17H,5,10-11,14-15H2,1-4H3,(H,28,32)/t16-,17+/m1/s1. The molecule has 0 aromatic heterocycles. The first-order valence-electron chi connectivity index (χ1n) is 11.8. The Morgan fingerprint density at radius 1 is 1.03 bits per heavy atom. The monoisotopic (exact) mass is 571 g/mol. The van der Waals surface area contributed by atoms with Gasteiger partial charge in [-0.25, -0.2) is 8.42 Å². The summed E-state index contributed by atoms with van der Waals surface area (Å²) in [6.07, 6.45) is 1.73. The zero-order valence-corrected chi connectivity index (χ0v) is 23.5. The zero-order valence-electron chi connectivity index (χ0n) is 21.2. The van der Waals surface area contributed by atoms with Gasteiger partial charge >= 0.3 is 0 Å². The number of nitrogens with one attached hydrogen (secondary N) is 1. The molecule has 2 atom stereocenters. The fraction of sp³-hybridized carbons (Fsp3) is 0.440. The number of rotatable bonds is 10. The summed E-state index contributed by atoms with van der Waals surface area (Å²) < 4.78 is 37.6. The van der Waals surface area contributed by atoms with Crippen molar-refractivity contribution in [1.29, 1.82) is 0 Å². The molecule has 2 aromatic carbocycles. The summed E-state index contributed by atoms with van der Waals surface area (Å²) in [5.41, 5.74) is 0.877. The van der Waals surface area contributed by atoms with Crippen molar-refractivity contribution in [3.8, 4) is 11.5 Å². The third-order valence-corrected chi connectivity index (χ3v) is 7.88. The molecule has 0 unspecified atom stereocenters. The number of ether oxygens (including phenoxy) is 2. The number of sulfonamides is 1. The molecule has 9 nitrogen and oxygen atoms in total. The molecule has 12 heteroatoms. The minimum Gasteiger partial charge on any atom is -0.486 e. The average Bonchev–Trinajstić information content (AvgIpc) is 2.86. The molecule has 1 N–H and O–H groups in total. The smallest absolute Gasteiger partial charge is 0.244 e. The first-order valence-corrected chi connectivity index (χ1v) is 14.4. The predicted octanol–water partition coefficient (Wildman–Crippen LogP) is 3.86. The number of anilines is 1. The largest absolute Gasteiger partial charge is 0.486 e. The van der Waals surface area contributed by atoms with Crippen molar-refractivity contribution in [2.24, 2.45) is 0 Å². The normalized spacial score (nSPS) is 14.4. The maximum Gasteiger partial charge on any atom is 0.244 e. The van der Waals surface area contributed by atoms with E-state index in [-0.39, 0.29) is 24.2 Å². The summed E-state index contributed by atoms with van der Waals surface area (Å²) in [5, 5.41) is 3.54. The number of fused-ring (bicyclic) bond motifs is 1. The van der Waals surface area contributed by atoms with E-state index in [1.54, 1.807) is 37.3 Å². The summed E-state index contributed by atoms with van der Waals surface area (Å²) in [5.74, 6) is -0.0450. The quantitative estimate of drug-likeness (QED) is 0.464. The summed E-state index contributed by atoms with van der Waals surface area (Å²) in [6, 6.07) is 8.59. The van der Waals surface area contributed by atoms with Crippen LogP contribution in [0.3, 0.4) is 0 Å². The van der Waals surface area contributed by atoms with Crippen LogP contribution in [0.1, 0.15) is 32.8 Å². The Labute approximate surface area is 227 Å². The summed E-state index contributed by atoms with van der Waals surface area (Å²) in [7, 11) is -3.88. The van der Waals surface area contributed by atoms with E-state index in [1.165, 1.54) is 11.0 Å². The Bertz CT molecular complexity index is 1260. The van der Waals surface area contributed by atoms with E-state index in [4.69, 9.17) is 32.7 Å². The van der Waals surface area contributed by atoms with Crippen molar-refractivity contribution >= 4 is 50.7 Å². The Balaban J connectivity index is 1.93. The van der Waals surface area contributed by atoms with E-state index >= 15 is 0 Å². The lowest BCUT2D eigenvalue weighted by molar-refractivity contribution is -0.139. The molecule has 0 radical (unpaired) electrons. The second-order valence-corrected chi connectivity index (χ2v) is 11.6. The highest BCUT2D eigenvalue weighted by Crippen LogP contribution is 2.35. The Hall–Kier alpha value is -2.69. The first-order chi connectivity index (χ1) is 17.4. The number of benzene rings is 2. The number of nitrogens with zero attached hydrogens (tertiary/aromatic N) is 2. The molecular formula is C25H31Cl2N3O6S. The van der Waals surface area contributed by atoms with Crippen LogP contribution >= 0.6 is 23.2 Å². The highest BCUT2D eigenvalue weighted by atomic mass is 35.5. The molecule has 1 aliphatic rings. The molecule has 0 saturated carbocycles. The van der Waals surface area contributed by atoms with Crippen molar-refractivity contribution in [1.82, 2.24) is 10.2 Å². The van der Waals surface area contributed by atoms with Gasteiger partial charge in [0.15, 0.2) is 11.5 Å². The van der Waals surface area contributed by atoms with Crippen molar-refractivity contribution in [3.63, 3.8) is 0 Å². The highest BCUT2D eigenvalue weighted by Gasteiger charge is 2.31. The summed E-state index contributed by atoms with van der Waals surface area (Å²) >= 11 is 12.2. The van der Waals surface area contributed by atoms with Crippen LogP contribution in [0.2, 0.25) is 10.0 Å². The Morgan fingerprint density at radius 3 is 2.32 bits per heavy atom. The molecule has 1 heterocycles. The van der Waals surface area contributed by atoms with Crippen LogP contribution in [-0.4, -0.2) is 63.2 Å². The van der Waals surface area contributed by atoms with Crippen molar-refractivity contribution in [2.45, 2.75) is 45.8 Å². The first kappa shape index (κ1) is 28.9. The molecule has 2 aromatic rings. The van der Waals surface area contributed by atoms with Gasteiger partial charge in [0.25, 0.3) is 0 Å². The van der Waals surface area contributed by atoms with E-state index in [1.807, 2.05) is 13.8 Å². The van der Waals surface area contributed by atoms with Crippen LogP contribution in [0.4, 0.5) is 5.69 Å². The van der Waals surface area contributed by atoms with Gasteiger partial charge in [-0.2, -0.15) is 0 Å². The molecule has 202 valence electrons. The van der Waals surface area contributed by atoms with Gasteiger partial charge in [-0.3, -0.25) is 13.9 Å². The van der Waals surface area contributed by atoms with Gasteiger partial charge in [-0.05, 0) is 50.1 Å². The van der Waals surface area contributed by atoms with Gasteiger partial charge in [-0.15, -0.1) is 0 Å². The second kappa shape index (κ2) is 12.2. The number of amides is 2. The summed E-state index contributed by atoms with van der Waals surface area (Å²) in [4.78, 5) is 27.9. The molecule has 3 rings (SSSR count). The number of carbonyl (C=O) groups excluding carboxylic acids is 2. The maximum absolute atomic E-state index is 13.6. The van der Waals surface area contributed by atoms with Gasteiger partial charge in [0.05, 0.1) is 22.0 Å². The van der Waals surface area contributed by atoms with E-state index < -0.39 is 28.5 Å². The number of halogens is 2. The van der Waals surface area contributed by atoms with Gasteiger partial charge in [0.1, 0.15) is 25.8 Å². The molecule has 37 heavy (non-hydrogen) atoms. The number of carbonyl (C=O) groups is 2. The zero-order chi connectivity index (χ0) is 27.3. The fourth-order valence-corrected chi connectivity index (χ4v) is 4.85. The minimum absolute atomic E-state index is 0.0174. The third kappa shape index (κ3) is 7.43. The van der Waals surface area contributed by atoms with Crippen LogP contribution in [0.15, 0.2) is 36.4 Å². The molecule has 2 amide bonds. The van der Waals surface area contributed by atoms with E-state index in [9.17, 15) is 18.0 Å². The van der Waals surface area contributed by atoms with E-state index in [0.29, 0.717) is 46.7 Å².